The summed E-state index contributed by atoms with van der Waals surface area (Å²) in [5, 5.41) is 0.939. The van der Waals surface area contributed by atoms with E-state index < -0.39 is 35.3 Å². The van der Waals surface area contributed by atoms with Gasteiger partial charge < -0.3 is 28.7 Å². The summed E-state index contributed by atoms with van der Waals surface area (Å²) >= 11 is 0. The summed E-state index contributed by atoms with van der Waals surface area (Å²) in [6, 6.07) is 3.04. The minimum Gasteiger partial charge on any atom is -0.458 e. The number of pyridine rings is 2. The molecule has 0 radical (unpaired) electrons. The number of cyclic esters (lactones) is 1. The smallest absolute Gasteiger partial charge is 0.458 e. The van der Waals surface area contributed by atoms with Crippen molar-refractivity contribution < 1.29 is 51.2 Å². The fourth-order valence-electron chi connectivity index (χ4n) is 5.69. The Morgan fingerprint density at radius 3 is 2.57 bits per heavy atom. The molecule has 3 unspecified atom stereocenters. The maximum atomic E-state index is 14.8. The second kappa shape index (κ2) is 15.5. The molecular formula is C29H38FN3O11P2. The molecule has 0 spiro atoms. The number of nitrogens with zero attached hydrogens (tertiary/aromatic N) is 2. The Bertz CT molecular complexity index is 1720. The summed E-state index contributed by atoms with van der Waals surface area (Å²) in [4.78, 5) is 54.7. The van der Waals surface area contributed by atoms with Crippen LogP contribution >= 0.6 is 16.4 Å². The van der Waals surface area contributed by atoms with Crippen LogP contribution in [0, 0.1) is 12.7 Å². The van der Waals surface area contributed by atoms with Crippen LogP contribution in [0.4, 0.5) is 4.39 Å². The molecule has 0 amide bonds. The van der Waals surface area contributed by atoms with Crippen molar-refractivity contribution in [1.82, 2.24) is 9.55 Å². The average Bonchev–Trinajstić information content (AvgIpc) is 3.41. The zero-order valence-electron chi connectivity index (χ0n) is 26.2. The Hall–Kier alpha value is -2.68. The molecule has 4 N–H and O–H groups in total. The van der Waals surface area contributed by atoms with Crippen LogP contribution in [-0.2, 0) is 63.0 Å². The number of hydrogen-bond acceptors (Lipinski definition) is 12. The maximum absolute atomic E-state index is 14.8. The number of carbonyl (C=O) groups is 1. The molecule has 2 aliphatic heterocycles. The van der Waals surface area contributed by atoms with Crippen LogP contribution in [0.15, 0.2) is 16.9 Å². The molecule has 0 saturated carbocycles. The zero-order chi connectivity index (χ0) is 33.8. The molecular weight excluding hydrogens is 647 g/mol. The molecule has 17 heteroatoms. The van der Waals surface area contributed by atoms with Gasteiger partial charge in [-0.1, -0.05) is 27.7 Å². The van der Waals surface area contributed by atoms with Gasteiger partial charge in [0, 0.05) is 22.6 Å². The van der Waals surface area contributed by atoms with E-state index in [1.165, 1.54) is 6.07 Å². The highest BCUT2D eigenvalue weighted by atomic mass is 31.3. The highest BCUT2D eigenvalue weighted by Crippen LogP contribution is 2.55. The molecule has 46 heavy (non-hydrogen) atoms. The number of fused-ring (bicyclic) bond motifs is 5. The van der Waals surface area contributed by atoms with Gasteiger partial charge in [0.1, 0.15) is 12.4 Å². The number of phosphoric acid groups is 1. The monoisotopic (exact) mass is 685 g/mol. The molecule has 1 aromatic carbocycles. The van der Waals surface area contributed by atoms with Gasteiger partial charge in [0.05, 0.1) is 42.2 Å². The van der Waals surface area contributed by atoms with Gasteiger partial charge in [0.25, 0.3) is 5.56 Å². The lowest BCUT2D eigenvalue weighted by molar-refractivity contribution is -0.167. The number of halogens is 1. The summed E-state index contributed by atoms with van der Waals surface area (Å²) in [5.41, 5.74) is 5.04. The van der Waals surface area contributed by atoms with E-state index in [9.17, 15) is 28.3 Å². The molecule has 0 saturated heterocycles. The van der Waals surface area contributed by atoms with E-state index in [4.69, 9.17) is 24.9 Å². The Kier molecular flexibility index (Phi) is 12.2. The molecule has 1 aliphatic carbocycles. The summed E-state index contributed by atoms with van der Waals surface area (Å²) in [6.45, 7) is 8.41. The van der Waals surface area contributed by atoms with E-state index >= 15 is 0 Å². The predicted octanol–water partition coefficient (Wildman–Crippen LogP) is 4.75. The first-order valence-electron chi connectivity index (χ1n) is 14.9. The van der Waals surface area contributed by atoms with E-state index in [1.807, 2.05) is 27.7 Å². The number of aromatic nitrogens is 2. The summed E-state index contributed by atoms with van der Waals surface area (Å²) in [5.74, 6) is 3.66. The van der Waals surface area contributed by atoms with Crippen LogP contribution in [0.1, 0.15) is 73.6 Å². The van der Waals surface area contributed by atoms with Crippen LogP contribution in [0.25, 0.3) is 22.3 Å². The molecule has 252 valence electrons. The average molecular weight is 686 g/mol. The number of hydrogen-bond donors (Lipinski definition) is 3. The first kappa shape index (κ1) is 36.2. The fraction of sp³-hybridized carbons (Fsp3) is 0.483. The summed E-state index contributed by atoms with van der Waals surface area (Å²) < 4.78 is 52.8. The van der Waals surface area contributed by atoms with Crippen molar-refractivity contribution in [3.8, 4) is 11.4 Å². The van der Waals surface area contributed by atoms with E-state index in [2.05, 4.69) is 13.7 Å². The van der Waals surface area contributed by atoms with Crippen molar-refractivity contribution in [2.24, 2.45) is 5.90 Å². The first-order chi connectivity index (χ1) is 22.1. The molecule has 2 aromatic heterocycles. The second-order valence-electron chi connectivity index (χ2n) is 9.88. The van der Waals surface area contributed by atoms with E-state index in [0.29, 0.717) is 22.5 Å². The normalized spacial score (nSPS) is 17.8. The molecule has 14 nitrogen and oxygen atoms in total. The Morgan fingerprint density at radius 1 is 1.13 bits per heavy atom. The number of rotatable bonds is 10. The number of carbonyl (C=O) groups excluding carboxylic acids is 1. The standard InChI is InChI=1S/C25H26FN3O11P2.2C2H6/c1-12-13-3-2-4-14-16-9-29-20(22(16)28-19(21(13)14)8-18(12)26)7-15-17(24(29)30)10-35-25(31)23(15)36-11-38-41(32)40-42(33,34)39-6-5-37-27;2*1-2/h7-8,23,32H,2-6,9-11,27H2,1H3,(H,33,34);2*1-2H3. The lowest BCUT2D eigenvalue weighted by Gasteiger charge is -2.25. The largest absolute Gasteiger partial charge is 0.479 e. The van der Waals surface area contributed by atoms with Crippen molar-refractivity contribution in [2.45, 2.75) is 73.1 Å². The van der Waals surface area contributed by atoms with Gasteiger partial charge in [-0.25, -0.2) is 28.9 Å². The van der Waals surface area contributed by atoms with Crippen LogP contribution in [0.5, 0.6) is 0 Å². The van der Waals surface area contributed by atoms with E-state index in [1.54, 1.807) is 17.6 Å². The minimum absolute atomic E-state index is 0.204. The van der Waals surface area contributed by atoms with Crippen LogP contribution in [-0.4, -0.2) is 45.3 Å². The summed E-state index contributed by atoms with van der Waals surface area (Å²) in [6.07, 6.45) is 0.956. The lowest BCUT2D eigenvalue weighted by Crippen LogP contribution is -2.33. The van der Waals surface area contributed by atoms with Gasteiger partial charge in [-0.3, -0.25) is 13.8 Å². The van der Waals surface area contributed by atoms with E-state index in [0.717, 1.165) is 41.3 Å². The third kappa shape index (κ3) is 7.09. The van der Waals surface area contributed by atoms with Crippen molar-refractivity contribution in [1.29, 1.82) is 0 Å². The molecule has 3 aliphatic rings. The van der Waals surface area contributed by atoms with Crippen LogP contribution in [0.3, 0.4) is 0 Å². The van der Waals surface area contributed by atoms with Gasteiger partial charge in [-0.2, -0.15) is 0 Å². The Balaban J connectivity index is 0.00000116. The number of esters is 1. The third-order valence-electron chi connectivity index (χ3n) is 7.55. The molecule has 0 fully saturated rings. The van der Waals surface area contributed by atoms with Gasteiger partial charge >= 0.3 is 22.4 Å². The second-order valence-corrected chi connectivity index (χ2v) is 12.5. The minimum atomic E-state index is -4.70. The number of benzene rings is 1. The molecule has 4 heterocycles. The SMILES string of the molecule is CC.CC.Cc1c(F)cc2nc3c(c4c2c1CCC4)Cn1c-3cc2c(c1=O)COC(=O)C2OCOP(O)OP(=O)(O)OCCON. The third-order valence-corrected chi connectivity index (χ3v) is 9.76. The highest BCUT2D eigenvalue weighted by Gasteiger charge is 2.37. The Morgan fingerprint density at radius 2 is 1.85 bits per heavy atom. The fourth-order valence-corrected chi connectivity index (χ4v) is 7.23. The van der Waals surface area contributed by atoms with Gasteiger partial charge in [-0.05, 0) is 48.9 Å². The van der Waals surface area contributed by atoms with Crippen molar-refractivity contribution in [2.75, 3.05) is 20.0 Å². The van der Waals surface area contributed by atoms with Crippen molar-refractivity contribution in [3.63, 3.8) is 0 Å². The predicted molar refractivity (Wildman–Crippen MR) is 166 cm³/mol. The first-order valence-corrected chi connectivity index (χ1v) is 17.5. The molecule has 6 rings (SSSR count). The highest BCUT2D eigenvalue weighted by molar-refractivity contribution is 7.58. The quantitative estimate of drug-likeness (QED) is 0.0682. The van der Waals surface area contributed by atoms with Gasteiger partial charge in [-0.15, -0.1) is 0 Å². The topological polar surface area (TPSA) is 191 Å². The molecule has 3 aromatic rings. The number of phosphoric ester groups is 1. The Labute approximate surface area is 266 Å². The van der Waals surface area contributed by atoms with Crippen molar-refractivity contribution >= 4 is 33.3 Å². The number of ether oxygens (including phenoxy) is 2. The summed E-state index contributed by atoms with van der Waals surface area (Å²) in [7, 11) is -7.66. The molecule has 3 atom stereocenters. The van der Waals surface area contributed by atoms with Crippen LogP contribution < -0.4 is 11.5 Å². The van der Waals surface area contributed by atoms with Gasteiger partial charge in [0.2, 0.25) is 0 Å². The van der Waals surface area contributed by atoms with Gasteiger partial charge in [0.15, 0.2) is 12.9 Å². The zero-order valence-corrected chi connectivity index (χ0v) is 28.0. The van der Waals surface area contributed by atoms with Crippen molar-refractivity contribution in [3.05, 3.63) is 61.7 Å². The maximum Gasteiger partial charge on any atom is 0.479 e. The number of nitrogens with two attached hydrogens (primary N) is 1. The van der Waals surface area contributed by atoms with E-state index in [-0.39, 0.29) is 48.9 Å². The molecule has 0 bridgehead atoms. The van der Waals surface area contributed by atoms with Crippen LogP contribution in [0.2, 0.25) is 0 Å². The number of aryl methyl sites for hydroxylation is 2. The lowest BCUT2D eigenvalue weighted by atomic mass is 9.85.